The molecule has 0 aromatic rings. The van der Waals surface area contributed by atoms with Gasteiger partial charge < -0.3 is 0 Å². The lowest BCUT2D eigenvalue weighted by atomic mass is 10.0. The van der Waals surface area contributed by atoms with E-state index in [4.69, 9.17) is 0 Å². The second-order valence-electron chi connectivity index (χ2n) is 3.50. The Hall–Kier alpha value is -2.08. The van der Waals surface area contributed by atoms with E-state index in [0.29, 0.717) is 0 Å². The molecule has 0 aromatic carbocycles. The predicted octanol–water partition coefficient (Wildman–Crippen LogP) is 4.20. The molecule has 0 heteroatoms. The second-order valence-corrected chi connectivity index (χ2v) is 3.50. The highest BCUT2D eigenvalue weighted by atomic mass is 14.0. The minimum absolute atomic E-state index is 1.22. The lowest BCUT2D eigenvalue weighted by molar-refractivity contribution is 1.52. The molecule has 0 spiro atoms. The van der Waals surface area contributed by atoms with Crippen LogP contribution in [0.1, 0.15) is 0 Å². The summed E-state index contributed by atoms with van der Waals surface area (Å²) in [4.78, 5) is 0. The maximum Gasteiger partial charge on any atom is -0.0184 e. The average molecular weight is 206 g/mol. The van der Waals surface area contributed by atoms with Crippen molar-refractivity contribution in [1.82, 2.24) is 0 Å². The third-order valence-corrected chi connectivity index (χ3v) is 2.33. The van der Waals surface area contributed by atoms with E-state index in [-0.39, 0.29) is 0 Å². The summed E-state index contributed by atoms with van der Waals surface area (Å²) in [7, 11) is 0. The molecule has 0 radical (unpaired) electrons. The third kappa shape index (κ3) is 2.96. The van der Waals surface area contributed by atoms with E-state index in [2.05, 4.69) is 48.6 Å². The van der Waals surface area contributed by atoms with Crippen LogP contribution in [0, 0.1) is 0 Å². The van der Waals surface area contributed by atoms with E-state index >= 15 is 0 Å². The van der Waals surface area contributed by atoms with Crippen LogP contribution in [-0.4, -0.2) is 0 Å². The molecular weight excluding hydrogens is 192 g/mol. The quantitative estimate of drug-likeness (QED) is 0.603. The van der Waals surface area contributed by atoms with Crippen molar-refractivity contribution in [1.29, 1.82) is 0 Å². The largest absolute Gasteiger partial charge is 0.0623 e. The van der Waals surface area contributed by atoms with Gasteiger partial charge in [-0.25, -0.2) is 0 Å². The molecule has 0 heterocycles. The molecule has 0 aromatic heterocycles. The van der Waals surface area contributed by atoms with E-state index < -0.39 is 0 Å². The highest BCUT2D eigenvalue weighted by Crippen LogP contribution is 2.16. The molecule has 0 atom stereocenters. The van der Waals surface area contributed by atoms with Gasteiger partial charge in [-0.3, -0.25) is 0 Å². The van der Waals surface area contributed by atoms with Gasteiger partial charge in [-0.2, -0.15) is 0 Å². The Labute approximate surface area is 96.7 Å². The summed E-state index contributed by atoms with van der Waals surface area (Å²) in [5, 5.41) is 0. The van der Waals surface area contributed by atoms with Gasteiger partial charge in [0.15, 0.2) is 0 Å². The Bertz CT molecular complexity index is 426. The lowest BCUT2D eigenvalue weighted by Gasteiger charge is -2.03. The molecule has 0 saturated carbocycles. The van der Waals surface area contributed by atoms with Gasteiger partial charge in [0.2, 0.25) is 0 Å². The SMILES string of the molecule is C1=C(C2=C/C=C/C=C/C=C\2)\C=C/C=C\C=C/1. The van der Waals surface area contributed by atoms with Crippen molar-refractivity contribution < 1.29 is 0 Å². The fraction of sp³-hybridized carbons (Fsp3) is 0. The van der Waals surface area contributed by atoms with Crippen LogP contribution in [0.5, 0.6) is 0 Å². The molecule has 0 fully saturated rings. The number of hydrogen-bond donors (Lipinski definition) is 0. The Morgan fingerprint density at radius 1 is 0.375 bits per heavy atom. The molecule has 0 aliphatic heterocycles. The smallest absolute Gasteiger partial charge is 0.0184 e. The lowest BCUT2D eigenvalue weighted by Crippen LogP contribution is -1.84. The zero-order valence-electron chi connectivity index (χ0n) is 9.08. The fourth-order valence-corrected chi connectivity index (χ4v) is 1.52. The summed E-state index contributed by atoms with van der Waals surface area (Å²) in [6.45, 7) is 0. The second kappa shape index (κ2) is 5.72. The number of allylic oxidation sites excluding steroid dienone is 16. The average Bonchev–Trinajstić information content (AvgIpc) is 2.18. The van der Waals surface area contributed by atoms with Crippen molar-refractivity contribution in [2.75, 3.05) is 0 Å². The molecule has 78 valence electrons. The molecule has 16 heavy (non-hydrogen) atoms. The summed E-state index contributed by atoms with van der Waals surface area (Å²) < 4.78 is 0. The van der Waals surface area contributed by atoms with Gasteiger partial charge in [-0.1, -0.05) is 85.1 Å². The van der Waals surface area contributed by atoms with Gasteiger partial charge in [0, 0.05) is 0 Å². The summed E-state index contributed by atoms with van der Waals surface area (Å²) in [6.07, 6.45) is 28.9. The van der Waals surface area contributed by atoms with Crippen LogP contribution in [0.4, 0.5) is 0 Å². The monoisotopic (exact) mass is 206 g/mol. The van der Waals surface area contributed by atoms with Crippen LogP contribution in [0.15, 0.2) is 96.2 Å². The van der Waals surface area contributed by atoms with Gasteiger partial charge in [0.25, 0.3) is 0 Å². The van der Waals surface area contributed by atoms with Gasteiger partial charge in [-0.15, -0.1) is 0 Å². The molecule has 0 bridgehead atoms. The van der Waals surface area contributed by atoms with E-state index in [9.17, 15) is 0 Å². The Kier molecular flexibility index (Phi) is 3.73. The van der Waals surface area contributed by atoms with Crippen molar-refractivity contribution in [3.8, 4) is 0 Å². The van der Waals surface area contributed by atoms with Gasteiger partial charge in [0.1, 0.15) is 0 Å². The van der Waals surface area contributed by atoms with Crippen LogP contribution < -0.4 is 0 Å². The van der Waals surface area contributed by atoms with Gasteiger partial charge in [0.05, 0.1) is 0 Å². The zero-order chi connectivity index (χ0) is 11.1. The number of rotatable bonds is 1. The topological polar surface area (TPSA) is 0 Å². The summed E-state index contributed by atoms with van der Waals surface area (Å²) in [5.41, 5.74) is 2.44. The fourth-order valence-electron chi connectivity index (χ4n) is 1.52. The van der Waals surface area contributed by atoms with Crippen LogP contribution in [0.2, 0.25) is 0 Å². The highest BCUT2D eigenvalue weighted by Gasteiger charge is 1.96. The first kappa shape index (κ1) is 10.4. The van der Waals surface area contributed by atoms with Crippen molar-refractivity contribution >= 4 is 0 Å². The normalized spacial score (nSPS) is 37.0. The maximum absolute atomic E-state index is 2.12. The molecule has 0 N–H and O–H groups in total. The van der Waals surface area contributed by atoms with Crippen LogP contribution in [0.25, 0.3) is 0 Å². The van der Waals surface area contributed by atoms with E-state index in [1.807, 2.05) is 36.5 Å². The maximum atomic E-state index is 2.12. The van der Waals surface area contributed by atoms with Gasteiger partial charge >= 0.3 is 0 Å². The van der Waals surface area contributed by atoms with Crippen molar-refractivity contribution in [3.05, 3.63) is 96.2 Å². The van der Waals surface area contributed by atoms with Crippen LogP contribution in [0.3, 0.4) is 0 Å². The molecule has 0 unspecified atom stereocenters. The first-order valence-electron chi connectivity index (χ1n) is 5.40. The van der Waals surface area contributed by atoms with Gasteiger partial charge in [-0.05, 0) is 11.1 Å². The Balaban J connectivity index is 2.29. The molecule has 2 rings (SSSR count). The van der Waals surface area contributed by atoms with Crippen LogP contribution >= 0.6 is 0 Å². The molecule has 0 nitrogen and oxygen atoms in total. The Morgan fingerprint density at radius 2 is 0.750 bits per heavy atom. The summed E-state index contributed by atoms with van der Waals surface area (Å²) in [6, 6.07) is 0. The first-order valence-corrected chi connectivity index (χ1v) is 5.40. The highest BCUT2D eigenvalue weighted by molar-refractivity contribution is 5.52. The minimum atomic E-state index is 1.22. The predicted molar refractivity (Wildman–Crippen MR) is 71.0 cm³/mol. The minimum Gasteiger partial charge on any atom is -0.0623 e. The van der Waals surface area contributed by atoms with Crippen molar-refractivity contribution in [3.63, 3.8) is 0 Å². The van der Waals surface area contributed by atoms with Crippen molar-refractivity contribution in [2.24, 2.45) is 0 Å². The van der Waals surface area contributed by atoms with Crippen LogP contribution in [-0.2, 0) is 0 Å². The van der Waals surface area contributed by atoms with E-state index in [1.165, 1.54) is 11.1 Å². The van der Waals surface area contributed by atoms with E-state index in [1.54, 1.807) is 0 Å². The standard InChI is InChI=1S/C16H14/c1-3-7-11-15(12-8-4-1)16-13-9-5-2-6-10-14-16/h1-14H/b3-1-,4-1?,5-2+,6-2?,7-3?,8-4-,9-5?,10-6+,11-7-,12-8?,13-9-,14-10?,15-11?,15-12+,16-13?,16-14+. The first-order chi connectivity index (χ1) is 7.97. The number of hydrogen-bond acceptors (Lipinski definition) is 0. The van der Waals surface area contributed by atoms with Crippen molar-refractivity contribution in [2.45, 2.75) is 0 Å². The summed E-state index contributed by atoms with van der Waals surface area (Å²) in [5.74, 6) is 0. The van der Waals surface area contributed by atoms with E-state index in [0.717, 1.165) is 0 Å². The molecule has 2 aliphatic carbocycles. The zero-order valence-corrected chi connectivity index (χ0v) is 9.08. The molecule has 0 amide bonds. The molecular formula is C16H14. The molecule has 2 aliphatic rings. The summed E-state index contributed by atoms with van der Waals surface area (Å²) >= 11 is 0. The third-order valence-electron chi connectivity index (χ3n) is 2.33. The molecule has 0 saturated heterocycles. The Morgan fingerprint density at radius 3 is 1.25 bits per heavy atom.